The summed E-state index contributed by atoms with van der Waals surface area (Å²) in [5.74, 6) is 0.0683. The predicted octanol–water partition coefficient (Wildman–Crippen LogP) is 1.03. The van der Waals surface area contributed by atoms with Gasteiger partial charge in [0.15, 0.2) is 0 Å². The number of rotatable bonds is 7. The van der Waals surface area contributed by atoms with Crippen LogP contribution in [0.1, 0.15) is 21.6 Å². The van der Waals surface area contributed by atoms with Gasteiger partial charge >= 0.3 is 0 Å². The summed E-state index contributed by atoms with van der Waals surface area (Å²) in [6.07, 6.45) is 1.61. The molecule has 0 aliphatic heterocycles. The lowest BCUT2D eigenvalue weighted by Gasteiger charge is -2.07. The highest BCUT2D eigenvalue weighted by atomic mass is 16.5. The van der Waals surface area contributed by atoms with E-state index in [1.807, 2.05) is 0 Å². The van der Waals surface area contributed by atoms with Crippen molar-refractivity contribution in [2.75, 3.05) is 20.3 Å². The maximum atomic E-state index is 12.0. The molecule has 0 fully saturated rings. The first-order valence-corrected chi connectivity index (χ1v) is 7.15. The zero-order valence-corrected chi connectivity index (χ0v) is 13.1. The Morgan fingerprint density at radius 1 is 1.26 bits per heavy atom. The van der Waals surface area contributed by atoms with Gasteiger partial charge in [-0.3, -0.25) is 9.59 Å². The molecule has 0 aliphatic carbocycles. The van der Waals surface area contributed by atoms with Crippen molar-refractivity contribution in [3.8, 4) is 5.88 Å². The van der Waals surface area contributed by atoms with Crippen LogP contribution >= 0.6 is 0 Å². The average molecular weight is 317 g/mol. The smallest absolute Gasteiger partial charge is 0.260 e. The van der Waals surface area contributed by atoms with E-state index in [4.69, 9.17) is 9.47 Å². The number of nitrogens with zero attached hydrogens (tertiary/aromatic N) is 1. The van der Waals surface area contributed by atoms with Crippen molar-refractivity contribution < 1.29 is 14.3 Å². The summed E-state index contributed by atoms with van der Waals surface area (Å²) < 4.78 is 10.2. The molecule has 1 amide bonds. The Morgan fingerprint density at radius 3 is 2.74 bits per heavy atom. The van der Waals surface area contributed by atoms with Gasteiger partial charge in [0, 0.05) is 31.6 Å². The zero-order valence-electron chi connectivity index (χ0n) is 13.1. The standard InChI is InChI=1S/C16H19N3O4/c1-11-3-5-13(16(21)19-11)15(20)18-10-12-4-6-14(17-9-12)23-8-7-22-2/h3-6,9H,7-8,10H2,1-2H3,(H,18,20)(H,19,21). The number of aryl methyl sites for hydroxylation is 1. The fraction of sp³-hybridized carbons (Fsp3) is 0.312. The maximum absolute atomic E-state index is 12.0. The largest absolute Gasteiger partial charge is 0.475 e. The number of hydrogen-bond donors (Lipinski definition) is 2. The summed E-state index contributed by atoms with van der Waals surface area (Å²) in [4.78, 5) is 30.4. The number of ether oxygens (including phenoxy) is 2. The van der Waals surface area contributed by atoms with E-state index >= 15 is 0 Å². The molecule has 0 spiro atoms. The van der Waals surface area contributed by atoms with Crippen molar-refractivity contribution >= 4 is 5.91 Å². The van der Waals surface area contributed by atoms with Gasteiger partial charge in [-0.25, -0.2) is 4.98 Å². The van der Waals surface area contributed by atoms with Gasteiger partial charge in [-0.15, -0.1) is 0 Å². The van der Waals surface area contributed by atoms with Crippen LogP contribution in [0.25, 0.3) is 0 Å². The van der Waals surface area contributed by atoms with Gasteiger partial charge in [-0.1, -0.05) is 6.07 Å². The van der Waals surface area contributed by atoms with Gasteiger partial charge in [0.1, 0.15) is 12.2 Å². The molecule has 0 unspecified atom stereocenters. The molecule has 2 aromatic rings. The van der Waals surface area contributed by atoms with Gasteiger partial charge in [-0.05, 0) is 24.6 Å². The number of carbonyl (C=O) groups excluding carboxylic acids is 1. The van der Waals surface area contributed by atoms with Crippen LogP contribution in [-0.4, -0.2) is 36.2 Å². The van der Waals surface area contributed by atoms with Gasteiger partial charge in [0.05, 0.1) is 6.61 Å². The molecule has 0 bridgehead atoms. The number of hydrogen-bond acceptors (Lipinski definition) is 5. The minimum Gasteiger partial charge on any atom is -0.475 e. The van der Waals surface area contributed by atoms with Crippen LogP contribution in [0.3, 0.4) is 0 Å². The SMILES string of the molecule is COCCOc1ccc(CNC(=O)c2ccc(C)[nH]c2=O)cn1. The molecule has 7 nitrogen and oxygen atoms in total. The molecule has 122 valence electrons. The Labute approximate surface area is 133 Å². The predicted molar refractivity (Wildman–Crippen MR) is 84.6 cm³/mol. The average Bonchev–Trinajstić information content (AvgIpc) is 2.54. The molecule has 2 aromatic heterocycles. The molecular formula is C16H19N3O4. The number of methoxy groups -OCH3 is 1. The molecule has 0 saturated carbocycles. The lowest BCUT2D eigenvalue weighted by Crippen LogP contribution is -2.29. The van der Waals surface area contributed by atoms with E-state index in [9.17, 15) is 9.59 Å². The van der Waals surface area contributed by atoms with Crippen LogP contribution in [0, 0.1) is 6.92 Å². The van der Waals surface area contributed by atoms with E-state index in [0.29, 0.717) is 24.8 Å². The molecule has 2 heterocycles. The highest BCUT2D eigenvalue weighted by Crippen LogP contribution is 2.07. The first-order valence-electron chi connectivity index (χ1n) is 7.15. The highest BCUT2D eigenvalue weighted by molar-refractivity contribution is 5.93. The number of nitrogens with one attached hydrogen (secondary N) is 2. The van der Waals surface area contributed by atoms with Crippen LogP contribution in [0.15, 0.2) is 35.3 Å². The first-order chi connectivity index (χ1) is 11.1. The van der Waals surface area contributed by atoms with Crippen molar-refractivity contribution in [2.24, 2.45) is 0 Å². The van der Waals surface area contributed by atoms with Crippen LogP contribution in [0.5, 0.6) is 5.88 Å². The summed E-state index contributed by atoms with van der Waals surface area (Å²) >= 11 is 0. The van der Waals surface area contributed by atoms with Crippen molar-refractivity contribution in [1.29, 1.82) is 0 Å². The third-order valence-electron chi connectivity index (χ3n) is 3.09. The van der Waals surface area contributed by atoms with E-state index in [2.05, 4.69) is 15.3 Å². The molecule has 23 heavy (non-hydrogen) atoms. The second-order valence-electron chi connectivity index (χ2n) is 4.91. The number of aromatic amines is 1. The molecular weight excluding hydrogens is 298 g/mol. The number of H-pyrrole nitrogens is 1. The van der Waals surface area contributed by atoms with Crippen molar-refractivity contribution in [2.45, 2.75) is 13.5 Å². The van der Waals surface area contributed by atoms with E-state index < -0.39 is 11.5 Å². The monoisotopic (exact) mass is 317 g/mol. The highest BCUT2D eigenvalue weighted by Gasteiger charge is 2.10. The fourth-order valence-electron chi connectivity index (χ4n) is 1.86. The lowest BCUT2D eigenvalue weighted by atomic mass is 10.2. The van der Waals surface area contributed by atoms with Crippen molar-refractivity contribution in [3.63, 3.8) is 0 Å². The van der Waals surface area contributed by atoms with E-state index in [1.54, 1.807) is 38.4 Å². The molecule has 0 aromatic carbocycles. The van der Waals surface area contributed by atoms with E-state index in [0.717, 1.165) is 5.56 Å². The lowest BCUT2D eigenvalue weighted by molar-refractivity contribution is 0.0949. The molecule has 2 rings (SSSR count). The Balaban J connectivity index is 1.90. The number of carbonyl (C=O) groups is 1. The van der Waals surface area contributed by atoms with Crippen molar-refractivity contribution in [3.05, 3.63) is 57.6 Å². The quantitative estimate of drug-likeness (QED) is 0.744. The third-order valence-corrected chi connectivity index (χ3v) is 3.09. The Bertz CT molecular complexity index is 710. The summed E-state index contributed by atoms with van der Waals surface area (Å²) in [7, 11) is 1.60. The van der Waals surface area contributed by atoms with Crippen LogP contribution in [-0.2, 0) is 11.3 Å². The molecule has 0 atom stereocenters. The van der Waals surface area contributed by atoms with Crippen LogP contribution in [0.2, 0.25) is 0 Å². The van der Waals surface area contributed by atoms with Gasteiger partial charge in [0.25, 0.3) is 11.5 Å². The number of pyridine rings is 2. The topological polar surface area (TPSA) is 93.3 Å². The fourth-order valence-corrected chi connectivity index (χ4v) is 1.86. The zero-order chi connectivity index (χ0) is 16.7. The van der Waals surface area contributed by atoms with Gasteiger partial charge < -0.3 is 19.8 Å². The summed E-state index contributed by atoms with van der Waals surface area (Å²) in [5.41, 5.74) is 1.20. The number of aromatic nitrogens is 2. The van der Waals surface area contributed by atoms with Gasteiger partial charge in [0.2, 0.25) is 5.88 Å². The molecule has 7 heteroatoms. The van der Waals surface area contributed by atoms with Crippen LogP contribution in [0.4, 0.5) is 0 Å². The summed E-state index contributed by atoms with van der Waals surface area (Å²) in [6.45, 7) is 2.95. The van der Waals surface area contributed by atoms with E-state index in [-0.39, 0.29) is 12.1 Å². The van der Waals surface area contributed by atoms with Gasteiger partial charge in [-0.2, -0.15) is 0 Å². The molecule has 2 N–H and O–H groups in total. The second-order valence-corrected chi connectivity index (χ2v) is 4.91. The summed E-state index contributed by atoms with van der Waals surface area (Å²) in [5, 5.41) is 2.69. The number of amides is 1. The normalized spacial score (nSPS) is 10.3. The second kappa shape index (κ2) is 8.09. The summed E-state index contributed by atoms with van der Waals surface area (Å²) in [6, 6.07) is 6.71. The van der Waals surface area contributed by atoms with Crippen molar-refractivity contribution in [1.82, 2.24) is 15.3 Å². The van der Waals surface area contributed by atoms with E-state index in [1.165, 1.54) is 6.07 Å². The molecule has 0 radical (unpaired) electrons. The Kier molecular flexibility index (Phi) is 5.87. The Morgan fingerprint density at radius 2 is 2.09 bits per heavy atom. The first kappa shape index (κ1) is 16.7. The third kappa shape index (κ3) is 4.93. The minimum atomic E-state index is -0.424. The molecule has 0 saturated heterocycles. The minimum absolute atomic E-state index is 0.0862. The maximum Gasteiger partial charge on any atom is 0.260 e. The molecule has 0 aliphatic rings. The Hall–Kier alpha value is -2.67. The van der Waals surface area contributed by atoms with Crippen LogP contribution < -0.4 is 15.6 Å².